The second-order valence-electron chi connectivity index (χ2n) is 7.39. The van der Waals surface area contributed by atoms with Crippen LogP contribution in [0.1, 0.15) is 46.9 Å². The van der Waals surface area contributed by atoms with E-state index in [1.807, 2.05) is 20.8 Å². The van der Waals surface area contributed by atoms with E-state index < -0.39 is 25.0 Å². The Morgan fingerprint density at radius 3 is 2.76 bits per heavy atom. The summed E-state index contributed by atoms with van der Waals surface area (Å²) >= 11 is 0. The van der Waals surface area contributed by atoms with Gasteiger partial charge in [0.2, 0.25) is 0 Å². The second kappa shape index (κ2) is 8.71. The highest BCUT2D eigenvalue weighted by atomic mass is 16.5. The van der Waals surface area contributed by atoms with Crippen LogP contribution in [0.15, 0.2) is 24.4 Å². The Labute approximate surface area is 169 Å². The summed E-state index contributed by atoms with van der Waals surface area (Å²) in [7, 11) is -1.04. The van der Waals surface area contributed by atoms with Gasteiger partial charge in [0, 0.05) is 17.5 Å². The minimum absolute atomic E-state index is 0.0684. The van der Waals surface area contributed by atoms with E-state index in [9.17, 15) is 14.6 Å². The zero-order valence-electron chi connectivity index (χ0n) is 16.9. The van der Waals surface area contributed by atoms with Gasteiger partial charge in [-0.15, -0.1) is 0 Å². The van der Waals surface area contributed by atoms with Gasteiger partial charge < -0.3 is 19.7 Å². The minimum atomic E-state index is -1.04. The van der Waals surface area contributed by atoms with Gasteiger partial charge in [-0.3, -0.25) is 4.79 Å². The summed E-state index contributed by atoms with van der Waals surface area (Å²) in [6.45, 7) is 7.46. The standard InChI is InChI=1S/C20H24BN3O5/c1-11(2)18(20(26)28-10-16-22-8-7-12(3)23-16)24-19(25)15-6-5-14-9-29-21(27)17(14)13(15)4/h5-8,11,18,27H,9-10H2,1-4H3,(H,24,25)/t18-/m0/s1. The highest BCUT2D eigenvalue weighted by Gasteiger charge is 2.32. The number of rotatable bonds is 6. The zero-order valence-corrected chi connectivity index (χ0v) is 16.9. The van der Waals surface area contributed by atoms with E-state index in [4.69, 9.17) is 9.39 Å². The molecule has 1 aromatic carbocycles. The molecular formula is C20H24BN3O5. The van der Waals surface area contributed by atoms with Gasteiger partial charge in [0.25, 0.3) is 5.91 Å². The maximum absolute atomic E-state index is 12.8. The van der Waals surface area contributed by atoms with Crippen molar-refractivity contribution >= 4 is 24.5 Å². The van der Waals surface area contributed by atoms with Gasteiger partial charge in [-0.2, -0.15) is 0 Å². The van der Waals surface area contributed by atoms with Crippen molar-refractivity contribution in [1.29, 1.82) is 0 Å². The van der Waals surface area contributed by atoms with Gasteiger partial charge in [0.15, 0.2) is 12.4 Å². The van der Waals surface area contributed by atoms with Crippen molar-refractivity contribution in [3.8, 4) is 0 Å². The first-order valence-electron chi connectivity index (χ1n) is 9.46. The van der Waals surface area contributed by atoms with E-state index in [1.165, 1.54) is 0 Å². The predicted molar refractivity (Wildman–Crippen MR) is 106 cm³/mol. The Balaban J connectivity index is 1.71. The topological polar surface area (TPSA) is 111 Å². The molecule has 3 rings (SSSR count). The minimum Gasteiger partial charge on any atom is -0.456 e. The van der Waals surface area contributed by atoms with Crippen LogP contribution >= 0.6 is 0 Å². The number of carbonyl (C=O) groups is 2. The van der Waals surface area contributed by atoms with Crippen molar-refractivity contribution in [3.05, 3.63) is 52.6 Å². The molecule has 9 heteroatoms. The molecule has 0 saturated heterocycles. The monoisotopic (exact) mass is 397 g/mol. The molecule has 1 aromatic heterocycles. The maximum Gasteiger partial charge on any atom is 0.492 e. The number of ether oxygens (including phenoxy) is 1. The van der Waals surface area contributed by atoms with E-state index >= 15 is 0 Å². The van der Waals surface area contributed by atoms with Crippen LogP contribution in [0.25, 0.3) is 0 Å². The molecule has 8 nitrogen and oxygen atoms in total. The van der Waals surface area contributed by atoms with E-state index in [-0.39, 0.29) is 12.5 Å². The number of benzene rings is 1. The Bertz CT molecular complexity index is 934. The van der Waals surface area contributed by atoms with Gasteiger partial charge in [-0.05, 0) is 48.5 Å². The molecule has 152 valence electrons. The number of nitrogens with one attached hydrogen (secondary N) is 1. The van der Waals surface area contributed by atoms with E-state index in [0.29, 0.717) is 29.0 Å². The molecule has 2 N–H and O–H groups in total. The Morgan fingerprint density at radius 1 is 1.31 bits per heavy atom. The van der Waals surface area contributed by atoms with Gasteiger partial charge in [-0.1, -0.05) is 19.9 Å². The Morgan fingerprint density at radius 2 is 2.07 bits per heavy atom. The van der Waals surface area contributed by atoms with Crippen molar-refractivity contribution < 1.29 is 24.0 Å². The fourth-order valence-electron chi connectivity index (χ4n) is 3.26. The molecule has 0 unspecified atom stereocenters. The number of hydrogen-bond acceptors (Lipinski definition) is 7. The first-order valence-corrected chi connectivity index (χ1v) is 9.46. The van der Waals surface area contributed by atoms with Crippen molar-refractivity contribution in [2.75, 3.05) is 0 Å². The number of esters is 1. The van der Waals surface area contributed by atoms with E-state index in [1.54, 1.807) is 31.3 Å². The van der Waals surface area contributed by atoms with Crippen LogP contribution < -0.4 is 10.8 Å². The van der Waals surface area contributed by atoms with Crippen LogP contribution in [0.2, 0.25) is 0 Å². The number of aromatic nitrogens is 2. The third kappa shape index (κ3) is 4.63. The lowest BCUT2D eigenvalue weighted by Crippen LogP contribution is -2.46. The highest BCUT2D eigenvalue weighted by molar-refractivity contribution is 6.62. The summed E-state index contributed by atoms with van der Waals surface area (Å²) in [4.78, 5) is 33.7. The molecule has 0 radical (unpaired) electrons. The zero-order chi connectivity index (χ0) is 21.1. The van der Waals surface area contributed by atoms with Gasteiger partial charge in [0.1, 0.15) is 6.04 Å². The molecule has 1 aliphatic heterocycles. The van der Waals surface area contributed by atoms with Crippen LogP contribution in [-0.4, -0.2) is 40.0 Å². The molecule has 0 saturated carbocycles. The summed E-state index contributed by atoms with van der Waals surface area (Å²) in [6, 6.07) is 4.35. The summed E-state index contributed by atoms with van der Waals surface area (Å²) in [6.07, 6.45) is 1.60. The molecule has 1 atom stereocenters. The molecule has 0 aliphatic carbocycles. The summed E-state index contributed by atoms with van der Waals surface area (Å²) < 4.78 is 10.5. The molecule has 1 aliphatic rings. The van der Waals surface area contributed by atoms with Crippen molar-refractivity contribution in [2.45, 2.75) is 47.0 Å². The predicted octanol–water partition coefficient (Wildman–Crippen LogP) is 0.809. The third-order valence-electron chi connectivity index (χ3n) is 4.89. The maximum atomic E-state index is 12.8. The van der Waals surface area contributed by atoms with E-state index in [2.05, 4.69) is 15.3 Å². The lowest BCUT2D eigenvalue weighted by molar-refractivity contribution is -0.148. The molecule has 29 heavy (non-hydrogen) atoms. The number of amides is 1. The van der Waals surface area contributed by atoms with Crippen LogP contribution in [-0.2, 0) is 27.4 Å². The van der Waals surface area contributed by atoms with Crippen LogP contribution in [0.4, 0.5) is 0 Å². The quantitative estimate of drug-likeness (QED) is 0.548. The number of nitrogens with zero attached hydrogens (tertiary/aromatic N) is 2. The fourth-order valence-corrected chi connectivity index (χ4v) is 3.26. The average Bonchev–Trinajstić information content (AvgIpc) is 3.06. The number of aryl methyl sites for hydroxylation is 1. The molecule has 2 heterocycles. The van der Waals surface area contributed by atoms with E-state index in [0.717, 1.165) is 11.3 Å². The molecule has 0 spiro atoms. The van der Waals surface area contributed by atoms with Crippen LogP contribution in [0, 0.1) is 19.8 Å². The van der Waals surface area contributed by atoms with Gasteiger partial charge >= 0.3 is 13.1 Å². The molecular weight excluding hydrogens is 373 g/mol. The van der Waals surface area contributed by atoms with Crippen molar-refractivity contribution in [2.24, 2.45) is 5.92 Å². The average molecular weight is 397 g/mol. The van der Waals surface area contributed by atoms with Gasteiger partial charge in [0.05, 0.1) is 6.61 Å². The second-order valence-corrected chi connectivity index (χ2v) is 7.39. The highest BCUT2D eigenvalue weighted by Crippen LogP contribution is 2.17. The number of hydrogen-bond donors (Lipinski definition) is 2. The fraction of sp³-hybridized carbons (Fsp3) is 0.400. The number of fused-ring (bicyclic) bond motifs is 1. The molecule has 0 bridgehead atoms. The van der Waals surface area contributed by atoms with Crippen molar-refractivity contribution in [3.63, 3.8) is 0 Å². The lowest BCUT2D eigenvalue weighted by Gasteiger charge is -2.21. The first kappa shape index (κ1) is 20.9. The molecule has 1 amide bonds. The Kier molecular flexibility index (Phi) is 6.29. The summed E-state index contributed by atoms with van der Waals surface area (Å²) in [5.74, 6) is -0.753. The normalized spacial score (nSPS) is 13.9. The third-order valence-corrected chi connectivity index (χ3v) is 4.89. The largest absolute Gasteiger partial charge is 0.492 e. The summed E-state index contributed by atoms with van der Waals surface area (Å²) in [5, 5.41) is 12.7. The van der Waals surface area contributed by atoms with Crippen LogP contribution in [0.5, 0.6) is 0 Å². The molecule has 2 aromatic rings. The smallest absolute Gasteiger partial charge is 0.456 e. The number of carbonyl (C=O) groups excluding carboxylic acids is 2. The van der Waals surface area contributed by atoms with Crippen molar-refractivity contribution in [1.82, 2.24) is 15.3 Å². The Hall–Kier alpha value is -2.78. The lowest BCUT2D eigenvalue weighted by atomic mass is 9.75. The van der Waals surface area contributed by atoms with Crippen LogP contribution in [0.3, 0.4) is 0 Å². The SMILES string of the molecule is Cc1ccnc(COC(=O)[C@@H](NC(=O)c2ccc3c(c2C)B(O)OC3)C(C)C)n1. The molecule has 0 fully saturated rings. The summed E-state index contributed by atoms with van der Waals surface area (Å²) in [5.41, 5.74) is 3.25. The van der Waals surface area contributed by atoms with Gasteiger partial charge in [-0.25, -0.2) is 14.8 Å². The first-order chi connectivity index (χ1) is 13.8.